The SMILES string of the molecule is Nc1ccc(C(F)(F)F)c([N+](=O)[O-])c1F. The van der Waals surface area contributed by atoms with Crippen molar-refractivity contribution in [3.63, 3.8) is 0 Å². The van der Waals surface area contributed by atoms with E-state index in [0.29, 0.717) is 12.1 Å². The smallest absolute Gasteiger partial charge is 0.396 e. The highest BCUT2D eigenvalue weighted by atomic mass is 19.4. The topological polar surface area (TPSA) is 69.2 Å². The lowest BCUT2D eigenvalue weighted by atomic mass is 10.1. The number of nitrogens with two attached hydrogens (primary N) is 1. The fraction of sp³-hybridized carbons (Fsp3) is 0.143. The highest BCUT2D eigenvalue weighted by Crippen LogP contribution is 2.38. The minimum absolute atomic E-state index is 0.372. The molecule has 0 unspecified atom stereocenters. The maximum atomic E-state index is 13.0. The molecule has 0 amide bonds. The molecule has 4 nitrogen and oxygen atoms in total. The lowest BCUT2D eigenvalue weighted by Crippen LogP contribution is -2.11. The first-order chi connectivity index (χ1) is 6.75. The molecule has 0 aliphatic carbocycles. The van der Waals surface area contributed by atoms with Crippen molar-refractivity contribution < 1.29 is 22.5 Å². The molecule has 0 aliphatic rings. The summed E-state index contributed by atoms with van der Waals surface area (Å²) in [5.41, 5.74) is 0.920. The van der Waals surface area contributed by atoms with Crippen LogP contribution in [0, 0.1) is 15.9 Å². The monoisotopic (exact) mass is 224 g/mol. The van der Waals surface area contributed by atoms with Crippen LogP contribution in [-0.2, 0) is 6.18 Å². The molecule has 0 saturated heterocycles. The van der Waals surface area contributed by atoms with Crippen molar-refractivity contribution in [1.29, 1.82) is 0 Å². The van der Waals surface area contributed by atoms with E-state index in [-0.39, 0.29) is 0 Å². The minimum Gasteiger partial charge on any atom is -0.396 e. The summed E-state index contributed by atoms with van der Waals surface area (Å²) in [6.07, 6.45) is -4.99. The van der Waals surface area contributed by atoms with Crippen LogP contribution in [-0.4, -0.2) is 4.92 Å². The van der Waals surface area contributed by atoms with Crippen LogP contribution < -0.4 is 5.73 Å². The fourth-order valence-electron chi connectivity index (χ4n) is 0.987. The van der Waals surface area contributed by atoms with E-state index in [1.54, 1.807) is 0 Å². The van der Waals surface area contributed by atoms with Gasteiger partial charge in [-0.3, -0.25) is 10.1 Å². The largest absolute Gasteiger partial charge is 0.423 e. The summed E-state index contributed by atoms with van der Waals surface area (Å²) in [6.45, 7) is 0. The van der Waals surface area contributed by atoms with Gasteiger partial charge >= 0.3 is 11.9 Å². The fourth-order valence-corrected chi connectivity index (χ4v) is 0.987. The van der Waals surface area contributed by atoms with Crippen LogP contribution in [0.5, 0.6) is 0 Å². The van der Waals surface area contributed by atoms with Gasteiger partial charge in [0.2, 0.25) is 5.82 Å². The summed E-state index contributed by atoms with van der Waals surface area (Å²) in [7, 11) is 0. The molecule has 2 N–H and O–H groups in total. The van der Waals surface area contributed by atoms with Crippen LogP contribution >= 0.6 is 0 Å². The summed E-state index contributed by atoms with van der Waals surface area (Å²) in [6, 6.07) is 1.00. The number of hydrogen-bond donors (Lipinski definition) is 1. The van der Waals surface area contributed by atoms with Gasteiger partial charge in [0, 0.05) is 0 Å². The number of benzene rings is 1. The summed E-state index contributed by atoms with van der Waals surface area (Å²) in [4.78, 5) is 8.80. The number of nitrogens with zero attached hydrogens (tertiary/aromatic N) is 1. The normalized spacial score (nSPS) is 11.5. The van der Waals surface area contributed by atoms with Crippen molar-refractivity contribution in [2.24, 2.45) is 0 Å². The van der Waals surface area contributed by atoms with Gasteiger partial charge in [0.15, 0.2) is 0 Å². The molecule has 0 bridgehead atoms. The van der Waals surface area contributed by atoms with Crippen LogP contribution in [0.3, 0.4) is 0 Å². The third-order valence-corrected chi connectivity index (χ3v) is 1.63. The number of rotatable bonds is 1. The maximum absolute atomic E-state index is 13.0. The molecule has 0 aliphatic heterocycles. The number of halogens is 4. The Balaban J connectivity index is 3.55. The van der Waals surface area contributed by atoms with E-state index in [1.165, 1.54) is 0 Å². The van der Waals surface area contributed by atoms with Crippen LogP contribution in [0.4, 0.5) is 28.9 Å². The molecule has 1 aromatic carbocycles. The van der Waals surface area contributed by atoms with Gasteiger partial charge in [-0.2, -0.15) is 17.6 Å². The number of hydrogen-bond acceptors (Lipinski definition) is 3. The highest BCUT2D eigenvalue weighted by molar-refractivity contribution is 5.55. The zero-order valence-electron chi connectivity index (χ0n) is 7.01. The van der Waals surface area contributed by atoms with E-state index in [0.717, 1.165) is 0 Å². The number of nitro groups is 1. The van der Waals surface area contributed by atoms with Crippen LogP contribution in [0.1, 0.15) is 5.56 Å². The van der Waals surface area contributed by atoms with Crippen molar-refractivity contribution in [2.75, 3.05) is 5.73 Å². The van der Waals surface area contributed by atoms with Crippen LogP contribution in [0.15, 0.2) is 12.1 Å². The zero-order chi connectivity index (χ0) is 11.8. The third kappa shape index (κ3) is 1.97. The quantitative estimate of drug-likeness (QED) is 0.344. The average molecular weight is 224 g/mol. The van der Waals surface area contributed by atoms with Gasteiger partial charge in [0.25, 0.3) is 0 Å². The summed E-state index contributed by atoms with van der Waals surface area (Å²) >= 11 is 0. The Kier molecular flexibility index (Phi) is 2.52. The van der Waals surface area contributed by atoms with Crippen molar-refractivity contribution in [3.05, 3.63) is 33.6 Å². The second-order valence-electron chi connectivity index (χ2n) is 2.62. The molecule has 0 spiro atoms. The summed E-state index contributed by atoms with van der Waals surface area (Å²) < 4.78 is 49.6. The van der Waals surface area contributed by atoms with Gasteiger partial charge < -0.3 is 5.73 Å². The van der Waals surface area contributed by atoms with Crippen molar-refractivity contribution in [1.82, 2.24) is 0 Å². The van der Waals surface area contributed by atoms with E-state index >= 15 is 0 Å². The van der Waals surface area contributed by atoms with E-state index in [1.807, 2.05) is 0 Å². The van der Waals surface area contributed by atoms with Gasteiger partial charge in [-0.25, -0.2) is 0 Å². The third-order valence-electron chi connectivity index (χ3n) is 1.63. The van der Waals surface area contributed by atoms with Gasteiger partial charge in [-0.1, -0.05) is 0 Å². The lowest BCUT2D eigenvalue weighted by molar-refractivity contribution is -0.390. The molecule has 0 radical (unpaired) electrons. The first-order valence-corrected chi connectivity index (χ1v) is 3.54. The van der Waals surface area contributed by atoms with E-state index in [4.69, 9.17) is 5.73 Å². The molecular weight excluding hydrogens is 220 g/mol. The number of nitrogen functional groups attached to an aromatic ring is 1. The average Bonchev–Trinajstić information content (AvgIpc) is 2.06. The zero-order valence-corrected chi connectivity index (χ0v) is 7.01. The van der Waals surface area contributed by atoms with Gasteiger partial charge in [0.05, 0.1) is 10.6 Å². The second-order valence-corrected chi connectivity index (χ2v) is 2.62. The minimum atomic E-state index is -4.99. The van der Waals surface area contributed by atoms with Gasteiger partial charge in [-0.05, 0) is 12.1 Å². The lowest BCUT2D eigenvalue weighted by Gasteiger charge is -2.08. The molecule has 8 heteroatoms. The molecule has 0 aromatic heterocycles. The standard InChI is InChI=1S/C7H4F4N2O2/c8-5-4(12)2-1-3(7(9,10)11)6(5)13(14)15/h1-2H,12H2. The van der Waals surface area contributed by atoms with Gasteiger partial charge in [-0.15, -0.1) is 0 Å². The Hall–Kier alpha value is -1.86. The summed E-state index contributed by atoms with van der Waals surface area (Å²) in [5, 5.41) is 10.3. The molecule has 0 fully saturated rings. The molecule has 1 rings (SSSR count). The van der Waals surface area contributed by atoms with E-state index in [2.05, 4.69) is 0 Å². The Bertz CT molecular complexity index is 416. The van der Waals surface area contributed by atoms with Crippen molar-refractivity contribution >= 4 is 11.4 Å². The molecule has 0 heterocycles. The predicted molar refractivity (Wildman–Crippen MR) is 42.5 cm³/mol. The predicted octanol–water partition coefficient (Wildman–Crippen LogP) is 2.33. The molecule has 15 heavy (non-hydrogen) atoms. The number of alkyl halides is 3. The Morgan fingerprint density at radius 1 is 1.33 bits per heavy atom. The van der Waals surface area contributed by atoms with E-state index < -0.39 is 33.9 Å². The number of anilines is 1. The van der Waals surface area contributed by atoms with Crippen LogP contribution in [0.25, 0.3) is 0 Å². The van der Waals surface area contributed by atoms with Crippen LogP contribution in [0.2, 0.25) is 0 Å². The Labute approximate surface area is 80.5 Å². The summed E-state index contributed by atoms with van der Waals surface area (Å²) in [5.74, 6) is -1.67. The first-order valence-electron chi connectivity index (χ1n) is 3.54. The molecule has 0 saturated carbocycles. The molecule has 82 valence electrons. The highest BCUT2D eigenvalue weighted by Gasteiger charge is 2.40. The van der Waals surface area contributed by atoms with Crippen molar-refractivity contribution in [3.8, 4) is 0 Å². The molecule has 0 atom stereocenters. The molecule has 1 aromatic rings. The molecular formula is C7H4F4N2O2. The Morgan fingerprint density at radius 2 is 1.87 bits per heavy atom. The number of nitro benzene ring substituents is 1. The Morgan fingerprint density at radius 3 is 2.27 bits per heavy atom. The second kappa shape index (κ2) is 3.37. The maximum Gasteiger partial charge on any atom is 0.423 e. The van der Waals surface area contributed by atoms with Gasteiger partial charge in [0.1, 0.15) is 5.56 Å². The van der Waals surface area contributed by atoms with Crippen molar-refractivity contribution in [2.45, 2.75) is 6.18 Å². The van der Waals surface area contributed by atoms with E-state index in [9.17, 15) is 27.7 Å². The first kappa shape index (κ1) is 11.2.